The molecule has 1 amide bonds. The van der Waals surface area contributed by atoms with Crippen molar-refractivity contribution in [1.82, 2.24) is 9.99 Å². The number of anilines is 1. The zero-order valence-electron chi connectivity index (χ0n) is 22.4. The Morgan fingerprint density at radius 1 is 1.02 bits per heavy atom. The molecule has 0 radical (unpaired) electrons. The molecule has 0 aliphatic rings. The topological polar surface area (TPSA) is 93.0 Å². The third-order valence-electron chi connectivity index (χ3n) is 6.16. The maximum Gasteiger partial charge on any atom is 0.264 e. The number of hydrogen-bond donors (Lipinski definition) is 1. The molecule has 0 bridgehead atoms. The number of hydrazone groups is 1. The second-order valence-electron chi connectivity index (χ2n) is 8.92. The largest absolute Gasteiger partial charge is 0.494 e. The molecular weight excluding hydrogens is 607 g/mol. The van der Waals surface area contributed by atoms with E-state index in [0.717, 1.165) is 26.9 Å². The van der Waals surface area contributed by atoms with Gasteiger partial charge in [-0.25, -0.2) is 13.8 Å². The number of benzene rings is 3. The number of halogens is 3. The first kappa shape index (κ1) is 30.5. The van der Waals surface area contributed by atoms with E-state index in [4.69, 9.17) is 39.5 Å². The van der Waals surface area contributed by atoms with Crippen LogP contribution >= 0.6 is 34.8 Å². The molecular formula is C29H27Cl3N4O4S. The molecule has 1 N–H and O–H groups in total. The van der Waals surface area contributed by atoms with Crippen molar-refractivity contribution in [3.63, 3.8) is 0 Å². The van der Waals surface area contributed by atoms with E-state index >= 15 is 0 Å². The molecule has 3 aromatic carbocycles. The van der Waals surface area contributed by atoms with Gasteiger partial charge in [0.15, 0.2) is 0 Å². The number of nitrogens with one attached hydrogen (secondary N) is 1. The minimum Gasteiger partial charge on any atom is -0.494 e. The van der Waals surface area contributed by atoms with Crippen LogP contribution in [0.3, 0.4) is 0 Å². The number of aromatic nitrogens is 1. The predicted molar refractivity (Wildman–Crippen MR) is 165 cm³/mol. The Kier molecular flexibility index (Phi) is 9.65. The Balaban J connectivity index is 1.57. The van der Waals surface area contributed by atoms with Gasteiger partial charge in [0.05, 0.1) is 39.1 Å². The maximum atomic E-state index is 13.6. The van der Waals surface area contributed by atoms with E-state index in [0.29, 0.717) is 27.4 Å². The molecule has 214 valence electrons. The van der Waals surface area contributed by atoms with E-state index in [9.17, 15) is 13.2 Å². The number of aryl methyl sites for hydroxylation is 1. The van der Waals surface area contributed by atoms with Gasteiger partial charge >= 0.3 is 0 Å². The number of amides is 1. The minimum atomic E-state index is -4.12. The first-order valence-corrected chi connectivity index (χ1v) is 15.1. The molecule has 0 aliphatic heterocycles. The number of hydrogen-bond acceptors (Lipinski definition) is 5. The summed E-state index contributed by atoms with van der Waals surface area (Å²) < 4.78 is 35.5. The van der Waals surface area contributed by atoms with Crippen LogP contribution in [0.25, 0.3) is 5.69 Å². The summed E-state index contributed by atoms with van der Waals surface area (Å²) in [4.78, 5) is 13.0. The molecule has 8 nitrogen and oxygen atoms in total. The van der Waals surface area contributed by atoms with Crippen molar-refractivity contribution in [2.24, 2.45) is 5.10 Å². The van der Waals surface area contributed by atoms with Crippen LogP contribution in [0, 0.1) is 13.8 Å². The van der Waals surface area contributed by atoms with Crippen LogP contribution in [-0.4, -0.2) is 38.3 Å². The number of carbonyl (C=O) groups is 1. The highest BCUT2D eigenvalue weighted by Gasteiger charge is 2.27. The summed E-state index contributed by atoms with van der Waals surface area (Å²) >= 11 is 18.6. The van der Waals surface area contributed by atoms with E-state index in [1.54, 1.807) is 30.3 Å². The third kappa shape index (κ3) is 6.87. The quantitative estimate of drug-likeness (QED) is 0.154. The normalized spacial score (nSPS) is 11.6. The van der Waals surface area contributed by atoms with Crippen LogP contribution < -0.4 is 14.5 Å². The van der Waals surface area contributed by atoms with Gasteiger partial charge in [-0.05, 0) is 87.5 Å². The standard InChI is InChI=1S/C29H27Cl3N4O4S/c1-4-40-24-12-10-23(11-13-24)35(41(38,39)25-14-8-22(30)9-15-25)18-28(37)34-33-17-21-16-19(2)36(20(21)3)27-7-5-6-26(31)29(27)32/h5-17H,4,18H2,1-3H3,(H,34,37)/b33-17-. The van der Waals surface area contributed by atoms with Crippen LogP contribution in [0.1, 0.15) is 23.9 Å². The first-order chi connectivity index (χ1) is 19.5. The van der Waals surface area contributed by atoms with Crippen molar-refractivity contribution >= 4 is 62.6 Å². The first-order valence-electron chi connectivity index (χ1n) is 12.5. The summed E-state index contributed by atoms with van der Waals surface area (Å²) in [5, 5.41) is 5.33. The molecule has 0 aliphatic carbocycles. The van der Waals surface area contributed by atoms with Gasteiger partial charge in [0.2, 0.25) is 0 Å². The Bertz CT molecular complexity index is 1690. The lowest BCUT2D eigenvalue weighted by atomic mass is 10.2. The molecule has 0 atom stereocenters. The number of ether oxygens (including phenoxy) is 1. The zero-order chi connectivity index (χ0) is 29.7. The lowest BCUT2D eigenvalue weighted by Crippen LogP contribution is -2.39. The summed E-state index contributed by atoms with van der Waals surface area (Å²) in [5.74, 6) is -0.0647. The van der Waals surface area contributed by atoms with Gasteiger partial charge in [0.1, 0.15) is 12.3 Å². The van der Waals surface area contributed by atoms with Gasteiger partial charge in [-0.1, -0.05) is 40.9 Å². The Hall–Kier alpha value is -3.50. The molecule has 0 saturated heterocycles. The molecule has 0 spiro atoms. The Morgan fingerprint density at radius 2 is 1.71 bits per heavy atom. The molecule has 1 heterocycles. The fourth-order valence-corrected chi connectivity index (χ4v) is 6.14. The van der Waals surface area contributed by atoms with Gasteiger partial charge in [-0.3, -0.25) is 9.10 Å². The van der Waals surface area contributed by atoms with Crippen LogP contribution in [-0.2, 0) is 14.8 Å². The van der Waals surface area contributed by atoms with Crippen molar-refractivity contribution in [1.29, 1.82) is 0 Å². The number of sulfonamides is 1. The van der Waals surface area contributed by atoms with Crippen LogP contribution in [0.2, 0.25) is 15.1 Å². The van der Waals surface area contributed by atoms with Gasteiger partial charge < -0.3 is 9.30 Å². The van der Waals surface area contributed by atoms with Gasteiger partial charge in [-0.15, -0.1) is 0 Å². The molecule has 4 aromatic rings. The van der Waals surface area contributed by atoms with Gasteiger partial charge in [-0.2, -0.15) is 5.10 Å². The van der Waals surface area contributed by atoms with Crippen molar-refractivity contribution < 1.29 is 17.9 Å². The van der Waals surface area contributed by atoms with Gasteiger partial charge in [0, 0.05) is 22.0 Å². The molecule has 4 rings (SSSR count). The number of nitrogens with zero attached hydrogens (tertiary/aromatic N) is 3. The summed E-state index contributed by atoms with van der Waals surface area (Å²) in [6, 6.07) is 19.4. The van der Waals surface area contributed by atoms with Crippen molar-refractivity contribution in [2.75, 3.05) is 17.5 Å². The SMILES string of the molecule is CCOc1ccc(N(CC(=O)N/N=C\c2cc(C)n(-c3cccc(Cl)c3Cl)c2C)S(=O)(=O)c2ccc(Cl)cc2)cc1. The van der Waals surface area contributed by atoms with Crippen LogP contribution in [0.15, 0.2) is 82.8 Å². The average molecular weight is 634 g/mol. The smallest absolute Gasteiger partial charge is 0.264 e. The van der Waals surface area contributed by atoms with E-state index in [-0.39, 0.29) is 10.6 Å². The second-order valence-corrected chi connectivity index (χ2v) is 12.0. The lowest BCUT2D eigenvalue weighted by molar-refractivity contribution is -0.119. The van der Waals surface area contributed by atoms with Gasteiger partial charge in [0.25, 0.3) is 15.9 Å². The monoisotopic (exact) mass is 632 g/mol. The summed E-state index contributed by atoms with van der Waals surface area (Å²) in [5.41, 5.74) is 5.88. The van der Waals surface area contributed by atoms with Crippen molar-refractivity contribution in [2.45, 2.75) is 25.7 Å². The average Bonchev–Trinajstić information content (AvgIpc) is 3.22. The van der Waals surface area contributed by atoms with E-state index in [1.165, 1.54) is 30.5 Å². The minimum absolute atomic E-state index is 0.0146. The van der Waals surface area contributed by atoms with E-state index < -0.39 is 22.5 Å². The molecule has 0 fully saturated rings. The third-order valence-corrected chi connectivity index (χ3v) is 9.01. The van der Waals surface area contributed by atoms with E-state index in [2.05, 4.69) is 10.5 Å². The highest BCUT2D eigenvalue weighted by molar-refractivity contribution is 7.92. The predicted octanol–water partition coefficient (Wildman–Crippen LogP) is 6.80. The van der Waals surface area contributed by atoms with E-state index in [1.807, 2.05) is 43.5 Å². The fourth-order valence-electron chi connectivity index (χ4n) is 4.22. The van der Waals surface area contributed by atoms with Crippen molar-refractivity contribution in [3.8, 4) is 11.4 Å². The Morgan fingerprint density at radius 3 is 2.37 bits per heavy atom. The number of carbonyl (C=O) groups excluding carboxylic acids is 1. The summed E-state index contributed by atoms with van der Waals surface area (Å²) in [6.07, 6.45) is 1.49. The Labute approximate surface area is 254 Å². The highest BCUT2D eigenvalue weighted by Crippen LogP contribution is 2.31. The molecule has 0 saturated carbocycles. The molecule has 41 heavy (non-hydrogen) atoms. The maximum absolute atomic E-state index is 13.6. The summed E-state index contributed by atoms with van der Waals surface area (Å²) in [7, 11) is -4.12. The second kappa shape index (κ2) is 13.0. The fraction of sp³-hybridized carbons (Fsp3) is 0.172. The molecule has 0 unspecified atom stereocenters. The lowest BCUT2D eigenvalue weighted by Gasteiger charge is -2.24. The summed E-state index contributed by atoms with van der Waals surface area (Å²) in [6.45, 7) is 5.59. The van der Waals surface area contributed by atoms with Crippen LogP contribution in [0.4, 0.5) is 5.69 Å². The highest BCUT2D eigenvalue weighted by atomic mass is 35.5. The van der Waals surface area contributed by atoms with Crippen molar-refractivity contribution in [3.05, 3.63) is 105 Å². The van der Waals surface area contributed by atoms with Crippen LogP contribution in [0.5, 0.6) is 5.75 Å². The molecule has 1 aromatic heterocycles. The zero-order valence-corrected chi connectivity index (χ0v) is 25.5. The molecule has 12 heteroatoms. The number of rotatable bonds is 10.